The van der Waals surface area contributed by atoms with Crippen LogP contribution in [0.4, 0.5) is 0 Å². The second-order valence-corrected chi connectivity index (χ2v) is 6.04. The van der Waals surface area contributed by atoms with Gasteiger partial charge >= 0.3 is 5.97 Å². The van der Waals surface area contributed by atoms with E-state index in [2.05, 4.69) is 5.10 Å². The van der Waals surface area contributed by atoms with Gasteiger partial charge in [0.1, 0.15) is 0 Å². The lowest BCUT2D eigenvalue weighted by Crippen LogP contribution is -2.26. The van der Waals surface area contributed by atoms with E-state index in [9.17, 15) is 9.59 Å². The molecule has 122 valence electrons. The summed E-state index contributed by atoms with van der Waals surface area (Å²) in [7, 11) is 0. The van der Waals surface area contributed by atoms with Crippen molar-refractivity contribution < 1.29 is 9.90 Å². The molecule has 0 spiro atoms. The highest BCUT2D eigenvalue weighted by Gasteiger charge is 2.15. The second-order valence-electron chi connectivity index (χ2n) is 5.23. The first-order chi connectivity index (χ1) is 11.5. The van der Waals surface area contributed by atoms with E-state index < -0.39 is 5.97 Å². The summed E-state index contributed by atoms with van der Waals surface area (Å²) in [5.74, 6) is -1.02. The van der Waals surface area contributed by atoms with Crippen molar-refractivity contribution in [1.29, 1.82) is 0 Å². The zero-order chi connectivity index (χ0) is 17.3. The third kappa shape index (κ3) is 3.13. The quantitative estimate of drug-likeness (QED) is 0.771. The molecular formula is C17H12Cl2N2O3. The van der Waals surface area contributed by atoms with Gasteiger partial charge in [-0.3, -0.25) is 9.59 Å². The molecule has 0 saturated heterocycles. The molecule has 0 atom stereocenters. The Morgan fingerprint density at radius 3 is 2.29 bits per heavy atom. The molecule has 0 radical (unpaired) electrons. The number of carbonyl (C=O) groups is 1. The lowest BCUT2D eigenvalue weighted by atomic mass is 10.1. The number of hydrogen-bond acceptors (Lipinski definition) is 3. The third-order valence-corrected chi connectivity index (χ3v) is 4.34. The van der Waals surface area contributed by atoms with Crippen molar-refractivity contribution in [1.82, 2.24) is 9.78 Å². The average molecular weight is 363 g/mol. The number of aliphatic carboxylic acids is 1. The number of hydrogen-bond donors (Lipinski definition) is 1. The summed E-state index contributed by atoms with van der Waals surface area (Å²) >= 11 is 12.3. The Morgan fingerprint density at radius 2 is 1.67 bits per heavy atom. The highest BCUT2D eigenvalue weighted by molar-refractivity contribution is 6.35. The van der Waals surface area contributed by atoms with Gasteiger partial charge in [-0.15, -0.1) is 0 Å². The Hall–Kier alpha value is -2.37. The molecule has 3 aromatic rings. The van der Waals surface area contributed by atoms with Gasteiger partial charge in [-0.2, -0.15) is 5.10 Å². The Kier molecular flexibility index (Phi) is 4.55. The Labute approximate surface area is 147 Å². The lowest BCUT2D eigenvalue weighted by Gasteiger charge is -2.12. The van der Waals surface area contributed by atoms with Crippen molar-refractivity contribution >= 4 is 39.9 Å². The van der Waals surface area contributed by atoms with Crippen LogP contribution >= 0.6 is 23.2 Å². The second kappa shape index (κ2) is 6.63. The van der Waals surface area contributed by atoms with Gasteiger partial charge < -0.3 is 5.11 Å². The van der Waals surface area contributed by atoms with Gasteiger partial charge in [0, 0.05) is 21.0 Å². The van der Waals surface area contributed by atoms with E-state index in [0.717, 1.165) is 0 Å². The molecule has 1 heterocycles. The summed E-state index contributed by atoms with van der Waals surface area (Å²) in [4.78, 5) is 23.8. The Bertz CT molecular complexity index is 979. The van der Waals surface area contributed by atoms with Crippen LogP contribution in [0.25, 0.3) is 10.8 Å². The zero-order valence-corrected chi connectivity index (χ0v) is 13.9. The van der Waals surface area contributed by atoms with E-state index >= 15 is 0 Å². The SMILES string of the molecule is O=C(O)Cc1nn(Cc2c(Cl)cccc2Cl)c(=O)c2ccccc12. The number of nitrogens with zero attached hydrogens (tertiary/aromatic N) is 2. The minimum Gasteiger partial charge on any atom is -0.481 e. The van der Waals surface area contributed by atoms with E-state index in [1.165, 1.54) is 4.68 Å². The number of benzene rings is 2. The molecule has 0 fully saturated rings. The number of rotatable bonds is 4. The maximum Gasteiger partial charge on any atom is 0.309 e. The molecule has 24 heavy (non-hydrogen) atoms. The molecule has 3 rings (SSSR count). The first-order valence-electron chi connectivity index (χ1n) is 7.11. The molecule has 0 bridgehead atoms. The lowest BCUT2D eigenvalue weighted by molar-refractivity contribution is -0.136. The molecule has 0 aliphatic heterocycles. The van der Waals surface area contributed by atoms with Crippen LogP contribution in [0.1, 0.15) is 11.3 Å². The molecule has 0 amide bonds. The fraction of sp³-hybridized carbons (Fsp3) is 0.118. The van der Waals surface area contributed by atoms with Crippen LogP contribution in [0.15, 0.2) is 47.3 Å². The highest BCUT2D eigenvalue weighted by Crippen LogP contribution is 2.25. The smallest absolute Gasteiger partial charge is 0.309 e. The van der Waals surface area contributed by atoms with E-state index in [0.29, 0.717) is 32.1 Å². The molecule has 0 unspecified atom stereocenters. The van der Waals surface area contributed by atoms with Gasteiger partial charge in [-0.25, -0.2) is 4.68 Å². The molecule has 7 heteroatoms. The van der Waals surface area contributed by atoms with Crippen molar-refractivity contribution in [3.05, 3.63) is 74.1 Å². The monoisotopic (exact) mass is 362 g/mol. The maximum absolute atomic E-state index is 12.7. The van der Waals surface area contributed by atoms with E-state index in [4.69, 9.17) is 28.3 Å². The van der Waals surface area contributed by atoms with Crippen LogP contribution in [0.3, 0.4) is 0 Å². The zero-order valence-electron chi connectivity index (χ0n) is 12.4. The van der Waals surface area contributed by atoms with Crippen molar-refractivity contribution in [2.24, 2.45) is 0 Å². The number of fused-ring (bicyclic) bond motifs is 1. The molecule has 1 N–H and O–H groups in total. The maximum atomic E-state index is 12.7. The van der Waals surface area contributed by atoms with E-state index in [1.807, 2.05) is 0 Å². The number of carboxylic acids is 1. The van der Waals surface area contributed by atoms with Crippen molar-refractivity contribution in [2.45, 2.75) is 13.0 Å². The Balaban J connectivity index is 2.19. The third-order valence-electron chi connectivity index (χ3n) is 3.63. The van der Waals surface area contributed by atoms with Crippen molar-refractivity contribution in [2.75, 3.05) is 0 Å². The normalized spacial score (nSPS) is 10.9. The van der Waals surface area contributed by atoms with Crippen molar-refractivity contribution in [3.8, 4) is 0 Å². The van der Waals surface area contributed by atoms with E-state index in [1.54, 1.807) is 42.5 Å². The van der Waals surface area contributed by atoms with Crippen LogP contribution in [-0.2, 0) is 17.8 Å². The van der Waals surface area contributed by atoms with Crippen LogP contribution in [0.2, 0.25) is 10.0 Å². The fourth-order valence-electron chi connectivity index (χ4n) is 2.52. The molecule has 5 nitrogen and oxygen atoms in total. The molecule has 0 aliphatic rings. The first kappa shape index (κ1) is 16.5. The van der Waals surface area contributed by atoms with Crippen LogP contribution < -0.4 is 5.56 Å². The Morgan fingerprint density at radius 1 is 1.04 bits per heavy atom. The summed E-state index contributed by atoms with van der Waals surface area (Å²) in [6.07, 6.45) is -0.281. The van der Waals surface area contributed by atoms with Gasteiger partial charge in [0.25, 0.3) is 5.56 Å². The molecular weight excluding hydrogens is 351 g/mol. The minimum atomic E-state index is -1.02. The number of halogens is 2. The summed E-state index contributed by atoms with van der Waals surface area (Å²) < 4.78 is 1.20. The molecule has 1 aromatic heterocycles. The summed E-state index contributed by atoms with van der Waals surface area (Å²) in [6.45, 7) is 0.0643. The topological polar surface area (TPSA) is 72.2 Å². The fourth-order valence-corrected chi connectivity index (χ4v) is 3.04. The molecule has 0 aliphatic carbocycles. The van der Waals surface area contributed by atoms with Gasteiger partial charge in [0.15, 0.2) is 0 Å². The number of carboxylic acid groups (broad SMARTS) is 1. The van der Waals surface area contributed by atoms with Gasteiger partial charge in [0.05, 0.1) is 24.0 Å². The standard InChI is InChI=1S/C17H12Cl2N2O3/c18-13-6-3-7-14(19)12(13)9-21-17(24)11-5-2-1-4-10(11)15(20-21)8-16(22)23/h1-7H,8-9H2,(H,22,23). The largest absolute Gasteiger partial charge is 0.481 e. The van der Waals surface area contributed by atoms with Crippen molar-refractivity contribution in [3.63, 3.8) is 0 Å². The predicted octanol–water partition coefficient (Wildman–Crippen LogP) is 3.38. The minimum absolute atomic E-state index is 0.0643. The van der Waals surface area contributed by atoms with Crippen LogP contribution in [0.5, 0.6) is 0 Å². The number of aromatic nitrogens is 2. The summed E-state index contributed by atoms with van der Waals surface area (Å²) in [5, 5.41) is 15.1. The summed E-state index contributed by atoms with van der Waals surface area (Å²) in [6, 6.07) is 11.9. The first-order valence-corrected chi connectivity index (χ1v) is 7.86. The van der Waals surface area contributed by atoms with Crippen LogP contribution in [0, 0.1) is 0 Å². The highest BCUT2D eigenvalue weighted by atomic mass is 35.5. The summed E-state index contributed by atoms with van der Waals surface area (Å²) in [5.41, 5.74) is 0.559. The average Bonchev–Trinajstić information content (AvgIpc) is 2.54. The van der Waals surface area contributed by atoms with Gasteiger partial charge in [-0.05, 0) is 18.2 Å². The van der Waals surface area contributed by atoms with Crippen LogP contribution in [-0.4, -0.2) is 20.9 Å². The molecule has 2 aromatic carbocycles. The predicted molar refractivity (Wildman–Crippen MR) is 92.9 cm³/mol. The van der Waals surface area contributed by atoms with Gasteiger partial charge in [0.2, 0.25) is 0 Å². The van der Waals surface area contributed by atoms with Gasteiger partial charge in [-0.1, -0.05) is 47.5 Å². The molecule has 0 saturated carbocycles. The van der Waals surface area contributed by atoms with E-state index in [-0.39, 0.29) is 18.5 Å².